The maximum absolute atomic E-state index is 12.4. The molecule has 2 amide bonds. The highest BCUT2D eigenvalue weighted by molar-refractivity contribution is 5.84. The molecule has 5 atom stereocenters. The Bertz CT molecular complexity index is 399. The van der Waals surface area contributed by atoms with Crippen LogP contribution in [0.2, 0.25) is 0 Å². The number of nitrogens with one attached hydrogen (secondary N) is 1. The van der Waals surface area contributed by atoms with Gasteiger partial charge >= 0.3 is 12.0 Å². The van der Waals surface area contributed by atoms with Gasteiger partial charge in [-0.2, -0.15) is 0 Å². The third kappa shape index (κ3) is 3.50. The van der Waals surface area contributed by atoms with Gasteiger partial charge in [0.25, 0.3) is 0 Å². The molecule has 1 saturated carbocycles. The Hall–Kier alpha value is -1.26. The van der Waals surface area contributed by atoms with Crippen LogP contribution in [-0.2, 0) is 4.79 Å². The van der Waals surface area contributed by atoms with Crippen LogP contribution in [0.5, 0.6) is 0 Å². The van der Waals surface area contributed by atoms with E-state index in [1.54, 1.807) is 4.90 Å². The molecule has 5 nitrogen and oxygen atoms in total. The first kappa shape index (κ1) is 16.1. The van der Waals surface area contributed by atoms with Crippen molar-refractivity contribution in [2.75, 3.05) is 6.54 Å². The van der Waals surface area contributed by atoms with Crippen LogP contribution in [0, 0.1) is 17.8 Å². The Morgan fingerprint density at radius 2 is 2.05 bits per heavy atom. The molecular weight excluding hydrogens is 268 g/mol. The molecule has 2 N–H and O–H groups in total. The highest BCUT2D eigenvalue weighted by atomic mass is 16.4. The number of hydrogen-bond acceptors (Lipinski definition) is 2. The number of rotatable bonds is 5. The van der Waals surface area contributed by atoms with Gasteiger partial charge in [0, 0.05) is 12.6 Å². The Morgan fingerprint density at radius 3 is 2.67 bits per heavy atom. The molecule has 0 aromatic heterocycles. The number of carboxylic acids is 1. The van der Waals surface area contributed by atoms with Gasteiger partial charge in [-0.3, -0.25) is 0 Å². The second-order valence-electron chi connectivity index (χ2n) is 6.89. The zero-order chi connectivity index (χ0) is 15.6. The Kier molecular flexibility index (Phi) is 5.12. The molecule has 1 saturated heterocycles. The highest BCUT2D eigenvalue weighted by Gasteiger charge is 2.49. The van der Waals surface area contributed by atoms with Gasteiger partial charge in [0.1, 0.15) is 6.04 Å². The summed E-state index contributed by atoms with van der Waals surface area (Å²) in [6, 6.07) is -0.747. The number of fused-ring (bicyclic) bond motifs is 1. The smallest absolute Gasteiger partial charge is 0.326 e. The number of amides is 2. The van der Waals surface area contributed by atoms with Crippen LogP contribution in [0.4, 0.5) is 4.79 Å². The minimum absolute atomic E-state index is 0.0855. The predicted molar refractivity (Wildman–Crippen MR) is 81.0 cm³/mol. The Balaban J connectivity index is 1.96. The van der Waals surface area contributed by atoms with E-state index in [0.717, 1.165) is 32.1 Å². The van der Waals surface area contributed by atoms with E-state index in [-0.39, 0.29) is 18.0 Å². The second kappa shape index (κ2) is 6.67. The van der Waals surface area contributed by atoms with Crippen LogP contribution in [0.25, 0.3) is 0 Å². The van der Waals surface area contributed by atoms with Crippen LogP contribution in [0.3, 0.4) is 0 Å². The van der Waals surface area contributed by atoms with Crippen LogP contribution >= 0.6 is 0 Å². The lowest BCUT2D eigenvalue weighted by molar-refractivity contribution is -0.142. The van der Waals surface area contributed by atoms with Gasteiger partial charge in [0.05, 0.1) is 0 Å². The summed E-state index contributed by atoms with van der Waals surface area (Å²) >= 11 is 0. The number of urea groups is 1. The fraction of sp³-hybridized carbons (Fsp3) is 0.875. The summed E-state index contributed by atoms with van der Waals surface area (Å²) in [6.07, 6.45) is 5.11. The Labute approximate surface area is 127 Å². The molecule has 120 valence electrons. The van der Waals surface area contributed by atoms with Crippen LogP contribution < -0.4 is 5.32 Å². The van der Waals surface area contributed by atoms with E-state index < -0.39 is 12.0 Å². The SMILES string of the molecule is CCC(C)CC(C)NC(=O)N1CC2CCCC2C1C(=O)O. The number of hydrogen-bond donors (Lipinski definition) is 2. The van der Waals surface area contributed by atoms with Crippen LogP contribution in [-0.4, -0.2) is 40.6 Å². The zero-order valence-corrected chi connectivity index (χ0v) is 13.3. The van der Waals surface area contributed by atoms with Crippen molar-refractivity contribution in [1.29, 1.82) is 0 Å². The summed E-state index contributed by atoms with van der Waals surface area (Å²) in [6.45, 7) is 6.91. The predicted octanol–water partition coefficient (Wildman–Crippen LogP) is 2.71. The maximum atomic E-state index is 12.4. The number of aliphatic carboxylic acids is 1. The molecule has 1 aliphatic heterocycles. The van der Waals surface area contributed by atoms with Gasteiger partial charge in [-0.25, -0.2) is 9.59 Å². The van der Waals surface area contributed by atoms with Crippen molar-refractivity contribution in [2.45, 2.75) is 65.0 Å². The average molecular weight is 296 g/mol. The van der Waals surface area contributed by atoms with Gasteiger partial charge in [0.2, 0.25) is 0 Å². The quantitative estimate of drug-likeness (QED) is 0.819. The van der Waals surface area contributed by atoms with Crippen molar-refractivity contribution in [3.8, 4) is 0 Å². The lowest BCUT2D eigenvalue weighted by Crippen LogP contribution is -2.50. The third-order valence-corrected chi connectivity index (χ3v) is 5.23. The van der Waals surface area contributed by atoms with Crippen molar-refractivity contribution in [3.63, 3.8) is 0 Å². The number of carbonyl (C=O) groups is 2. The van der Waals surface area contributed by atoms with Gasteiger partial charge < -0.3 is 15.3 Å². The summed E-state index contributed by atoms with van der Waals surface area (Å²) in [5.74, 6) is 0.238. The van der Waals surface area contributed by atoms with Gasteiger partial charge in [-0.1, -0.05) is 26.7 Å². The van der Waals surface area contributed by atoms with Crippen molar-refractivity contribution in [3.05, 3.63) is 0 Å². The molecule has 0 radical (unpaired) electrons. The largest absolute Gasteiger partial charge is 0.480 e. The maximum Gasteiger partial charge on any atom is 0.326 e. The molecule has 2 aliphatic rings. The van der Waals surface area contributed by atoms with Gasteiger partial charge in [-0.15, -0.1) is 0 Å². The number of nitrogens with zero attached hydrogens (tertiary/aromatic N) is 1. The van der Waals surface area contributed by atoms with E-state index in [9.17, 15) is 14.7 Å². The van der Waals surface area contributed by atoms with E-state index >= 15 is 0 Å². The topological polar surface area (TPSA) is 69.6 Å². The van der Waals surface area contributed by atoms with Gasteiger partial charge in [0.15, 0.2) is 0 Å². The molecule has 21 heavy (non-hydrogen) atoms. The monoisotopic (exact) mass is 296 g/mol. The Morgan fingerprint density at radius 1 is 1.33 bits per heavy atom. The first-order chi connectivity index (χ1) is 9.93. The zero-order valence-electron chi connectivity index (χ0n) is 13.3. The lowest BCUT2D eigenvalue weighted by Gasteiger charge is -2.27. The molecule has 5 unspecified atom stereocenters. The van der Waals surface area contributed by atoms with Crippen molar-refractivity contribution in [2.24, 2.45) is 17.8 Å². The molecular formula is C16H28N2O3. The lowest BCUT2D eigenvalue weighted by atomic mass is 9.94. The first-order valence-electron chi connectivity index (χ1n) is 8.24. The minimum atomic E-state index is -0.853. The molecule has 1 heterocycles. The average Bonchev–Trinajstić information content (AvgIpc) is 2.97. The molecule has 2 fully saturated rings. The summed E-state index contributed by atoms with van der Waals surface area (Å²) < 4.78 is 0. The summed E-state index contributed by atoms with van der Waals surface area (Å²) in [7, 11) is 0. The van der Waals surface area contributed by atoms with E-state index in [1.807, 2.05) is 6.92 Å². The standard InChI is InChI=1S/C16H28N2O3/c1-4-10(2)8-11(3)17-16(21)18-9-12-6-5-7-13(12)14(18)15(19)20/h10-14H,4-9H2,1-3H3,(H,17,21)(H,19,20). The fourth-order valence-electron chi connectivity index (χ4n) is 3.95. The summed E-state index contributed by atoms with van der Waals surface area (Å²) in [4.78, 5) is 25.5. The van der Waals surface area contributed by atoms with E-state index in [1.165, 1.54) is 0 Å². The third-order valence-electron chi connectivity index (χ3n) is 5.23. The first-order valence-corrected chi connectivity index (χ1v) is 8.24. The van der Waals surface area contributed by atoms with E-state index in [0.29, 0.717) is 18.4 Å². The molecule has 0 bridgehead atoms. The van der Waals surface area contributed by atoms with E-state index in [2.05, 4.69) is 19.2 Å². The number of carbonyl (C=O) groups excluding carboxylic acids is 1. The molecule has 0 aromatic rings. The molecule has 2 rings (SSSR count). The van der Waals surface area contributed by atoms with Gasteiger partial charge in [-0.05, 0) is 43.9 Å². The van der Waals surface area contributed by atoms with Crippen molar-refractivity contribution < 1.29 is 14.7 Å². The minimum Gasteiger partial charge on any atom is -0.480 e. The van der Waals surface area contributed by atoms with E-state index in [4.69, 9.17) is 0 Å². The van der Waals surface area contributed by atoms with Crippen LogP contribution in [0.15, 0.2) is 0 Å². The number of carboxylic acid groups (broad SMARTS) is 1. The fourth-order valence-corrected chi connectivity index (χ4v) is 3.95. The normalized spacial score (nSPS) is 30.8. The van der Waals surface area contributed by atoms with Crippen LogP contribution in [0.1, 0.15) is 52.9 Å². The highest BCUT2D eigenvalue weighted by Crippen LogP contribution is 2.42. The molecule has 5 heteroatoms. The summed E-state index contributed by atoms with van der Waals surface area (Å²) in [5, 5.41) is 12.5. The van der Waals surface area contributed by atoms with Crippen molar-refractivity contribution >= 4 is 12.0 Å². The molecule has 0 spiro atoms. The summed E-state index contributed by atoms with van der Waals surface area (Å²) in [5.41, 5.74) is 0. The number of likely N-dealkylation sites (tertiary alicyclic amines) is 1. The van der Waals surface area contributed by atoms with Crippen molar-refractivity contribution in [1.82, 2.24) is 10.2 Å². The molecule has 0 aromatic carbocycles. The molecule has 1 aliphatic carbocycles. The second-order valence-corrected chi connectivity index (χ2v) is 6.89.